The standard InChI is InChI=1S/C12H24N2O/c1-8-3-9(2)5-10(4-8)11(13)12(15)6-14-7-12/h8-11,14-15H,3-7,13H2,1-2H3. The van der Waals surface area contributed by atoms with Crippen molar-refractivity contribution >= 4 is 0 Å². The van der Waals surface area contributed by atoms with Crippen molar-refractivity contribution in [2.45, 2.75) is 44.8 Å². The van der Waals surface area contributed by atoms with Crippen LogP contribution in [0.4, 0.5) is 0 Å². The summed E-state index contributed by atoms with van der Waals surface area (Å²) in [4.78, 5) is 0. The Morgan fingerprint density at radius 3 is 2.13 bits per heavy atom. The molecule has 3 atom stereocenters. The number of hydrogen-bond acceptors (Lipinski definition) is 3. The summed E-state index contributed by atoms with van der Waals surface area (Å²) in [6, 6.07) is -0.0380. The van der Waals surface area contributed by atoms with E-state index in [1.54, 1.807) is 0 Å². The maximum absolute atomic E-state index is 10.2. The van der Waals surface area contributed by atoms with Crippen molar-refractivity contribution in [3.63, 3.8) is 0 Å². The molecule has 0 aromatic rings. The molecule has 0 spiro atoms. The molecule has 1 saturated carbocycles. The quantitative estimate of drug-likeness (QED) is 0.632. The van der Waals surface area contributed by atoms with Gasteiger partial charge in [-0.25, -0.2) is 0 Å². The average Bonchev–Trinajstić information content (AvgIpc) is 2.11. The number of hydrogen-bond donors (Lipinski definition) is 3. The van der Waals surface area contributed by atoms with Crippen LogP contribution in [0.5, 0.6) is 0 Å². The van der Waals surface area contributed by atoms with Gasteiger partial charge in [0, 0.05) is 19.1 Å². The van der Waals surface area contributed by atoms with Gasteiger partial charge in [-0.3, -0.25) is 0 Å². The van der Waals surface area contributed by atoms with Crippen LogP contribution in [-0.4, -0.2) is 29.8 Å². The number of β-amino-alcohol motifs (C(OH)–C–C–N with tert-alkyl or cyclic N) is 1. The summed E-state index contributed by atoms with van der Waals surface area (Å²) < 4.78 is 0. The first-order valence-corrected chi connectivity index (χ1v) is 6.20. The van der Waals surface area contributed by atoms with Crippen molar-refractivity contribution in [1.82, 2.24) is 5.32 Å². The van der Waals surface area contributed by atoms with Crippen molar-refractivity contribution in [3.8, 4) is 0 Å². The molecule has 2 rings (SSSR count). The third kappa shape index (κ3) is 2.19. The molecule has 1 aliphatic heterocycles. The highest BCUT2D eigenvalue weighted by molar-refractivity contribution is 5.04. The van der Waals surface area contributed by atoms with Crippen LogP contribution >= 0.6 is 0 Å². The van der Waals surface area contributed by atoms with E-state index in [1.165, 1.54) is 19.3 Å². The maximum atomic E-state index is 10.2. The molecule has 3 nitrogen and oxygen atoms in total. The van der Waals surface area contributed by atoms with Gasteiger partial charge in [-0.15, -0.1) is 0 Å². The highest BCUT2D eigenvalue weighted by Gasteiger charge is 2.45. The topological polar surface area (TPSA) is 58.3 Å². The van der Waals surface area contributed by atoms with Gasteiger partial charge in [-0.2, -0.15) is 0 Å². The summed E-state index contributed by atoms with van der Waals surface area (Å²) >= 11 is 0. The van der Waals surface area contributed by atoms with Crippen LogP contribution in [0.3, 0.4) is 0 Å². The predicted molar refractivity (Wildman–Crippen MR) is 61.5 cm³/mol. The summed E-state index contributed by atoms with van der Waals surface area (Å²) in [6.45, 7) is 5.96. The molecule has 88 valence electrons. The zero-order valence-corrected chi connectivity index (χ0v) is 9.87. The van der Waals surface area contributed by atoms with Gasteiger partial charge in [-0.05, 0) is 37.0 Å². The van der Waals surface area contributed by atoms with E-state index in [0.717, 1.165) is 11.8 Å². The van der Waals surface area contributed by atoms with Crippen molar-refractivity contribution < 1.29 is 5.11 Å². The molecule has 4 N–H and O–H groups in total. The van der Waals surface area contributed by atoms with Gasteiger partial charge in [0.25, 0.3) is 0 Å². The first-order chi connectivity index (χ1) is 7.01. The van der Waals surface area contributed by atoms with Gasteiger partial charge in [-0.1, -0.05) is 13.8 Å². The van der Waals surface area contributed by atoms with E-state index in [9.17, 15) is 5.11 Å². The van der Waals surface area contributed by atoms with Gasteiger partial charge < -0.3 is 16.2 Å². The molecule has 3 heteroatoms. The highest BCUT2D eigenvalue weighted by atomic mass is 16.3. The van der Waals surface area contributed by atoms with E-state index in [2.05, 4.69) is 19.2 Å². The average molecular weight is 212 g/mol. The molecule has 1 aliphatic carbocycles. The molecule has 0 aromatic carbocycles. The van der Waals surface area contributed by atoms with Crippen molar-refractivity contribution in [2.75, 3.05) is 13.1 Å². The molecule has 0 bridgehead atoms. The second kappa shape index (κ2) is 4.04. The van der Waals surface area contributed by atoms with Crippen LogP contribution in [0.1, 0.15) is 33.1 Å². The fourth-order valence-electron chi connectivity index (χ4n) is 3.36. The Bertz CT molecular complexity index is 218. The summed E-state index contributed by atoms with van der Waals surface area (Å²) in [5, 5.41) is 13.3. The number of nitrogens with two attached hydrogens (primary N) is 1. The van der Waals surface area contributed by atoms with Crippen LogP contribution in [0, 0.1) is 17.8 Å². The minimum atomic E-state index is -0.624. The Balaban J connectivity index is 1.97. The molecular formula is C12H24N2O. The Hall–Kier alpha value is -0.120. The molecule has 0 radical (unpaired) electrons. The highest BCUT2D eigenvalue weighted by Crippen LogP contribution is 2.37. The SMILES string of the molecule is CC1CC(C)CC(C(N)C2(O)CNC2)C1. The zero-order valence-electron chi connectivity index (χ0n) is 9.87. The molecule has 0 aromatic heterocycles. The maximum Gasteiger partial charge on any atom is 0.105 e. The molecule has 15 heavy (non-hydrogen) atoms. The second-order valence-corrected chi connectivity index (χ2v) is 5.91. The molecule has 1 heterocycles. The Morgan fingerprint density at radius 2 is 1.73 bits per heavy atom. The van der Waals surface area contributed by atoms with Crippen molar-refractivity contribution in [1.29, 1.82) is 0 Å². The lowest BCUT2D eigenvalue weighted by molar-refractivity contribution is -0.0570. The molecule has 3 unspecified atom stereocenters. The lowest BCUT2D eigenvalue weighted by Gasteiger charge is -2.47. The Morgan fingerprint density at radius 1 is 1.20 bits per heavy atom. The summed E-state index contributed by atoms with van der Waals surface area (Å²) in [7, 11) is 0. The van der Waals surface area contributed by atoms with E-state index >= 15 is 0 Å². The number of nitrogens with one attached hydrogen (secondary N) is 1. The van der Waals surface area contributed by atoms with E-state index in [1.807, 2.05) is 0 Å². The Labute approximate surface area is 92.4 Å². The first-order valence-electron chi connectivity index (χ1n) is 6.20. The minimum Gasteiger partial charge on any atom is -0.386 e. The lowest BCUT2D eigenvalue weighted by Crippen LogP contribution is -2.70. The van der Waals surface area contributed by atoms with Gasteiger partial charge in [0.1, 0.15) is 5.60 Å². The molecule has 2 fully saturated rings. The van der Waals surface area contributed by atoms with Gasteiger partial charge in [0.15, 0.2) is 0 Å². The predicted octanol–water partition coefficient (Wildman–Crippen LogP) is 0.720. The summed E-state index contributed by atoms with van der Waals surface area (Å²) in [5.74, 6) is 2.04. The van der Waals surface area contributed by atoms with E-state index in [0.29, 0.717) is 19.0 Å². The van der Waals surface area contributed by atoms with Crippen LogP contribution in [0.15, 0.2) is 0 Å². The van der Waals surface area contributed by atoms with Crippen LogP contribution in [0.25, 0.3) is 0 Å². The molecular weight excluding hydrogens is 188 g/mol. The fourth-order valence-corrected chi connectivity index (χ4v) is 3.36. The normalized spacial score (nSPS) is 42.0. The van der Waals surface area contributed by atoms with Crippen molar-refractivity contribution in [2.24, 2.45) is 23.5 Å². The fraction of sp³-hybridized carbons (Fsp3) is 1.00. The third-order valence-corrected chi connectivity index (χ3v) is 4.21. The van der Waals surface area contributed by atoms with Gasteiger partial charge in [0.05, 0.1) is 0 Å². The molecule has 2 aliphatic rings. The largest absolute Gasteiger partial charge is 0.386 e. The Kier molecular flexibility index (Phi) is 3.06. The van der Waals surface area contributed by atoms with E-state index in [4.69, 9.17) is 5.73 Å². The molecule has 1 saturated heterocycles. The summed E-state index contributed by atoms with van der Waals surface area (Å²) in [5.41, 5.74) is 5.60. The monoisotopic (exact) mass is 212 g/mol. The van der Waals surface area contributed by atoms with Gasteiger partial charge >= 0.3 is 0 Å². The molecule has 0 amide bonds. The smallest absolute Gasteiger partial charge is 0.105 e. The first kappa shape index (κ1) is 11.4. The zero-order chi connectivity index (χ0) is 11.1. The summed E-state index contributed by atoms with van der Waals surface area (Å²) in [6.07, 6.45) is 3.70. The van der Waals surface area contributed by atoms with E-state index in [-0.39, 0.29) is 6.04 Å². The number of rotatable bonds is 2. The van der Waals surface area contributed by atoms with Crippen molar-refractivity contribution in [3.05, 3.63) is 0 Å². The third-order valence-electron chi connectivity index (χ3n) is 4.21. The second-order valence-electron chi connectivity index (χ2n) is 5.91. The van der Waals surface area contributed by atoms with E-state index < -0.39 is 5.60 Å². The lowest BCUT2D eigenvalue weighted by atomic mass is 9.69. The van der Waals surface area contributed by atoms with Gasteiger partial charge in [0.2, 0.25) is 0 Å². The van der Waals surface area contributed by atoms with Crippen LogP contribution < -0.4 is 11.1 Å². The van der Waals surface area contributed by atoms with Crippen LogP contribution in [-0.2, 0) is 0 Å². The van der Waals surface area contributed by atoms with Crippen LogP contribution in [0.2, 0.25) is 0 Å². The number of aliphatic hydroxyl groups is 1. The minimum absolute atomic E-state index is 0.0380.